The summed E-state index contributed by atoms with van der Waals surface area (Å²) in [5, 5.41) is 7.75. The fourth-order valence-electron chi connectivity index (χ4n) is 2.41. The van der Waals surface area contributed by atoms with Crippen LogP contribution in [0.2, 0.25) is 5.02 Å². The second-order valence-electron chi connectivity index (χ2n) is 5.78. The minimum atomic E-state index is -0.287. The van der Waals surface area contributed by atoms with E-state index in [0.29, 0.717) is 29.8 Å². The van der Waals surface area contributed by atoms with E-state index in [-0.39, 0.29) is 17.3 Å². The second-order valence-corrected chi connectivity index (χ2v) is 6.22. The van der Waals surface area contributed by atoms with Crippen LogP contribution < -0.4 is 10.9 Å². The Morgan fingerprint density at radius 3 is 2.80 bits per heavy atom. The van der Waals surface area contributed by atoms with Crippen molar-refractivity contribution in [2.75, 3.05) is 5.32 Å². The van der Waals surface area contributed by atoms with Gasteiger partial charge in [-0.25, -0.2) is 9.37 Å². The molecule has 0 spiro atoms. The molecule has 0 aliphatic carbocycles. The van der Waals surface area contributed by atoms with Crippen molar-refractivity contribution < 1.29 is 4.39 Å². The van der Waals surface area contributed by atoms with Crippen LogP contribution in [0.25, 0.3) is 0 Å². The molecule has 2 N–H and O–H groups in total. The average molecular weight is 362 g/mol. The minimum Gasteiger partial charge on any atom is -0.352 e. The summed E-state index contributed by atoms with van der Waals surface area (Å²) < 4.78 is 14.6. The predicted octanol–water partition coefficient (Wildman–Crippen LogP) is 3.17. The summed E-state index contributed by atoms with van der Waals surface area (Å²) in [7, 11) is 0. The lowest BCUT2D eigenvalue weighted by Crippen LogP contribution is -2.17. The van der Waals surface area contributed by atoms with Gasteiger partial charge in [0.05, 0.1) is 16.9 Å². The molecule has 0 saturated carbocycles. The van der Waals surface area contributed by atoms with Gasteiger partial charge in [-0.15, -0.1) is 0 Å². The van der Waals surface area contributed by atoms with Crippen molar-refractivity contribution in [2.24, 2.45) is 0 Å². The third-order valence-electron chi connectivity index (χ3n) is 3.70. The number of hydrogen-bond acceptors (Lipinski definition) is 4. The summed E-state index contributed by atoms with van der Waals surface area (Å²) in [6.07, 6.45) is 3.29. The molecule has 1 aromatic carbocycles. The maximum absolute atomic E-state index is 12.9. The lowest BCUT2D eigenvalue weighted by Gasteiger charge is -2.13. The van der Waals surface area contributed by atoms with Crippen molar-refractivity contribution in [3.8, 4) is 0 Å². The lowest BCUT2D eigenvalue weighted by molar-refractivity contribution is 0.533. The molecule has 1 atom stereocenters. The van der Waals surface area contributed by atoms with Crippen LogP contribution in [0.5, 0.6) is 0 Å². The molecule has 0 saturated heterocycles. The highest BCUT2D eigenvalue weighted by Crippen LogP contribution is 2.16. The van der Waals surface area contributed by atoms with Crippen LogP contribution in [0.1, 0.15) is 24.1 Å². The quantitative estimate of drug-likeness (QED) is 0.707. The molecule has 0 aliphatic heterocycles. The number of nitrogens with one attached hydrogen (secondary N) is 2. The Labute approximate surface area is 148 Å². The maximum Gasteiger partial charge on any atom is 0.252 e. The summed E-state index contributed by atoms with van der Waals surface area (Å²) >= 11 is 5.86. The number of rotatable bonds is 6. The first-order valence-electron chi connectivity index (χ1n) is 7.77. The van der Waals surface area contributed by atoms with Gasteiger partial charge in [0.25, 0.3) is 5.56 Å². The summed E-state index contributed by atoms with van der Waals surface area (Å²) in [4.78, 5) is 19.0. The van der Waals surface area contributed by atoms with Crippen LogP contribution in [-0.4, -0.2) is 19.7 Å². The van der Waals surface area contributed by atoms with Gasteiger partial charge in [-0.2, -0.15) is 5.10 Å². The van der Waals surface area contributed by atoms with Gasteiger partial charge in [-0.3, -0.25) is 14.5 Å². The summed E-state index contributed by atoms with van der Waals surface area (Å²) in [6, 6.07) is 7.60. The molecule has 0 aliphatic rings. The van der Waals surface area contributed by atoms with Gasteiger partial charge in [0.1, 0.15) is 5.82 Å². The van der Waals surface area contributed by atoms with E-state index in [0.717, 1.165) is 5.56 Å². The largest absolute Gasteiger partial charge is 0.352 e. The number of hydrogen-bond donors (Lipinski definition) is 2. The van der Waals surface area contributed by atoms with Gasteiger partial charge in [0, 0.05) is 31.3 Å². The molecule has 8 heteroatoms. The molecule has 130 valence electrons. The van der Waals surface area contributed by atoms with Gasteiger partial charge in [0.2, 0.25) is 5.95 Å². The average Bonchev–Trinajstić information content (AvgIpc) is 2.99. The van der Waals surface area contributed by atoms with Crippen molar-refractivity contribution in [3.05, 3.63) is 75.2 Å². The fraction of sp³-hybridized carbons (Fsp3) is 0.235. The maximum atomic E-state index is 12.9. The van der Waals surface area contributed by atoms with Crippen LogP contribution >= 0.6 is 11.6 Å². The van der Waals surface area contributed by atoms with Gasteiger partial charge in [-0.1, -0.05) is 30.7 Å². The number of halogens is 2. The molecule has 0 amide bonds. The first-order valence-corrected chi connectivity index (χ1v) is 8.15. The topological polar surface area (TPSA) is 75.6 Å². The normalized spacial score (nSPS) is 12.1. The smallest absolute Gasteiger partial charge is 0.252 e. The number of benzene rings is 1. The van der Waals surface area contributed by atoms with Crippen LogP contribution in [0.15, 0.2) is 47.5 Å². The zero-order valence-corrected chi connectivity index (χ0v) is 14.3. The van der Waals surface area contributed by atoms with E-state index in [1.54, 1.807) is 29.2 Å². The molecule has 25 heavy (non-hydrogen) atoms. The highest BCUT2D eigenvalue weighted by Gasteiger charge is 2.11. The standard InChI is InChI=1S/C17H17ClFN5O/c1-11(9-24-10-13(18)8-21-24)15-6-16(25)23-17(22-15)20-7-12-2-4-14(19)5-3-12/h2-6,8,10-11H,7,9H2,1H3,(H2,20,22,23,25)/t11-/m1/s1. The van der Waals surface area contributed by atoms with E-state index in [9.17, 15) is 9.18 Å². The van der Waals surface area contributed by atoms with Crippen molar-refractivity contribution >= 4 is 17.5 Å². The summed E-state index contributed by atoms with van der Waals surface area (Å²) in [6.45, 7) is 2.94. The molecule has 3 rings (SSSR count). The Hall–Kier alpha value is -2.67. The van der Waals surface area contributed by atoms with E-state index in [4.69, 9.17) is 11.6 Å². The number of aromatic nitrogens is 4. The molecule has 2 aromatic heterocycles. The van der Waals surface area contributed by atoms with Gasteiger partial charge >= 0.3 is 0 Å². The van der Waals surface area contributed by atoms with Gasteiger partial charge < -0.3 is 5.32 Å². The predicted molar refractivity (Wildman–Crippen MR) is 94.2 cm³/mol. The first-order chi connectivity index (χ1) is 12.0. The monoisotopic (exact) mass is 361 g/mol. The van der Waals surface area contributed by atoms with Crippen LogP contribution in [0.4, 0.5) is 10.3 Å². The van der Waals surface area contributed by atoms with E-state index < -0.39 is 0 Å². The van der Waals surface area contributed by atoms with Crippen molar-refractivity contribution in [2.45, 2.75) is 25.9 Å². The molecule has 0 bridgehead atoms. The van der Waals surface area contributed by atoms with Crippen molar-refractivity contribution in [1.29, 1.82) is 0 Å². The Morgan fingerprint density at radius 1 is 1.36 bits per heavy atom. The molecule has 0 unspecified atom stereocenters. The zero-order valence-electron chi connectivity index (χ0n) is 13.5. The van der Waals surface area contributed by atoms with Crippen LogP contribution in [-0.2, 0) is 13.1 Å². The third kappa shape index (κ3) is 4.67. The third-order valence-corrected chi connectivity index (χ3v) is 3.90. The van der Waals surface area contributed by atoms with E-state index in [1.165, 1.54) is 18.2 Å². The SMILES string of the molecule is C[C@H](Cn1cc(Cl)cn1)c1cc(=O)[nH]c(NCc2ccc(F)cc2)n1. The van der Waals surface area contributed by atoms with Crippen molar-refractivity contribution in [3.63, 3.8) is 0 Å². The molecule has 0 fully saturated rings. The highest BCUT2D eigenvalue weighted by molar-refractivity contribution is 6.30. The zero-order chi connectivity index (χ0) is 17.8. The molecule has 0 radical (unpaired) electrons. The van der Waals surface area contributed by atoms with Crippen LogP contribution in [0, 0.1) is 5.82 Å². The molecule has 6 nitrogen and oxygen atoms in total. The van der Waals surface area contributed by atoms with E-state index in [1.807, 2.05) is 6.92 Å². The number of nitrogens with zero attached hydrogens (tertiary/aromatic N) is 3. The Bertz CT molecular complexity index is 906. The van der Waals surface area contributed by atoms with Crippen LogP contribution in [0.3, 0.4) is 0 Å². The summed E-state index contributed by atoms with van der Waals surface area (Å²) in [5.41, 5.74) is 1.29. The molecular formula is C17H17ClFN5O. The van der Waals surface area contributed by atoms with Gasteiger partial charge in [0.15, 0.2) is 0 Å². The minimum absolute atomic E-state index is 0.0235. The first kappa shape index (κ1) is 17.2. The van der Waals surface area contributed by atoms with Crippen molar-refractivity contribution in [1.82, 2.24) is 19.7 Å². The molecule has 2 heterocycles. The lowest BCUT2D eigenvalue weighted by atomic mass is 10.1. The number of aromatic amines is 1. The van der Waals surface area contributed by atoms with E-state index >= 15 is 0 Å². The summed E-state index contributed by atoms with van der Waals surface area (Å²) in [5.74, 6) is 0.0617. The highest BCUT2D eigenvalue weighted by atomic mass is 35.5. The second kappa shape index (κ2) is 7.48. The Morgan fingerprint density at radius 2 is 2.12 bits per heavy atom. The number of H-pyrrole nitrogens is 1. The number of anilines is 1. The Kier molecular flexibility index (Phi) is 5.14. The van der Waals surface area contributed by atoms with Gasteiger partial charge in [-0.05, 0) is 17.7 Å². The Balaban J connectivity index is 1.71. The molecule has 3 aromatic rings. The fourth-order valence-corrected chi connectivity index (χ4v) is 2.57. The van der Waals surface area contributed by atoms with E-state index in [2.05, 4.69) is 20.4 Å². The molecular weight excluding hydrogens is 345 g/mol.